The van der Waals surface area contributed by atoms with Gasteiger partial charge < -0.3 is 10.5 Å². The number of benzene rings is 2. The van der Waals surface area contributed by atoms with Gasteiger partial charge >= 0.3 is 0 Å². The van der Waals surface area contributed by atoms with Gasteiger partial charge in [-0.05, 0) is 42.2 Å². The summed E-state index contributed by atoms with van der Waals surface area (Å²) in [4.78, 5) is 0. The van der Waals surface area contributed by atoms with Crippen molar-refractivity contribution >= 4 is 11.6 Å². The predicted molar refractivity (Wildman–Crippen MR) is 79.8 cm³/mol. The van der Waals surface area contributed by atoms with E-state index in [1.165, 1.54) is 6.07 Å². The number of rotatable bonds is 5. The summed E-state index contributed by atoms with van der Waals surface area (Å²) < 4.78 is 19.0. The molecule has 0 aliphatic rings. The summed E-state index contributed by atoms with van der Waals surface area (Å²) in [6, 6.07) is 12.5. The lowest BCUT2D eigenvalue weighted by molar-refractivity contribution is 0.414. The van der Waals surface area contributed by atoms with Crippen molar-refractivity contribution in [3.8, 4) is 5.75 Å². The molecule has 0 amide bonds. The quantitative estimate of drug-likeness (QED) is 0.914. The van der Waals surface area contributed by atoms with Gasteiger partial charge in [-0.2, -0.15) is 0 Å². The predicted octanol–water partition coefficient (Wildman–Crippen LogP) is 3.60. The third kappa shape index (κ3) is 3.71. The van der Waals surface area contributed by atoms with E-state index in [4.69, 9.17) is 22.1 Å². The summed E-state index contributed by atoms with van der Waals surface area (Å²) in [5.41, 5.74) is 7.72. The Morgan fingerprint density at radius 1 is 1.20 bits per heavy atom. The molecule has 0 heterocycles. The highest BCUT2D eigenvalue weighted by atomic mass is 35.5. The molecule has 2 aromatic rings. The maximum Gasteiger partial charge on any atom is 0.145 e. The number of nitrogens with two attached hydrogens (primary N) is 1. The molecular formula is C16H17ClFNO. The smallest absolute Gasteiger partial charge is 0.145 e. The van der Waals surface area contributed by atoms with Crippen molar-refractivity contribution in [3.05, 3.63) is 64.4 Å². The van der Waals surface area contributed by atoms with Gasteiger partial charge in [-0.3, -0.25) is 0 Å². The van der Waals surface area contributed by atoms with Crippen molar-refractivity contribution in [1.29, 1.82) is 0 Å². The molecule has 20 heavy (non-hydrogen) atoms. The molecule has 1 atom stereocenters. The van der Waals surface area contributed by atoms with Gasteiger partial charge in [0.05, 0.1) is 12.1 Å². The molecule has 0 aliphatic heterocycles. The van der Waals surface area contributed by atoms with Gasteiger partial charge in [0.25, 0.3) is 0 Å². The van der Waals surface area contributed by atoms with Gasteiger partial charge in [0.1, 0.15) is 11.6 Å². The monoisotopic (exact) mass is 293 g/mol. The van der Waals surface area contributed by atoms with Crippen molar-refractivity contribution < 1.29 is 9.13 Å². The van der Waals surface area contributed by atoms with Crippen molar-refractivity contribution in [2.45, 2.75) is 18.9 Å². The second-order valence-electron chi connectivity index (χ2n) is 4.73. The van der Waals surface area contributed by atoms with E-state index in [-0.39, 0.29) is 16.9 Å². The number of ether oxygens (including phenoxy) is 1. The Labute approximate surface area is 123 Å². The third-order valence-electron chi connectivity index (χ3n) is 3.15. The molecule has 0 saturated carbocycles. The number of methoxy groups -OCH3 is 1. The van der Waals surface area contributed by atoms with Gasteiger partial charge in [0, 0.05) is 6.04 Å². The fourth-order valence-corrected chi connectivity index (χ4v) is 2.36. The van der Waals surface area contributed by atoms with E-state index in [1.807, 2.05) is 24.3 Å². The molecule has 0 aromatic heterocycles. The Balaban J connectivity index is 2.05. The lowest BCUT2D eigenvalue weighted by atomic mass is 9.99. The van der Waals surface area contributed by atoms with Crippen molar-refractivity contribution in [3.63, 3.8) is 0 Å². The van der Waals surface area contributed by atoms with Crippen LogP contribution in [-0.4, -0.2) is 13.2 Å². The lowest BCUT2D eigenvalue weighted by Gasteiger charge is -2.13. The molecule has 2 aromatic carbocycles. The van der Waals surface area contributed by atoms with Gasteiger partial charge in [-0.25, -0.2) is 4.39 Å². The average Bonchev–Trinajstić information content (AvgIpc) is 2.44. The Kier molecular flexibility index (Phi) is 4.99. The first-order valence-corrected chi connectivity index (χ1v) is 6.79. The lowest BCUT2D eigenvalue weighted by Crippen LogP contribution is -2.26. The molecule has 0 bridgehead atoms. The molecule has 1 unspecified atom stereocenters. The molecule has 0 spiro atoms. The largest absolute Gasteiger partial charge is 0.497 e. The Bertz CT molecular complexity index is 588. The summed E-state index contributed by atoms with van der Waals surface area (Å²) >= 11 is 5.76. The highest BCUT2D eigenvalue weighted by Gasteiger charge is 2.11. The Morgan fingerprint density at radius 2 is 1.95 bits per heavy atom. The van der Waals surface area contributed by atoms with E-state index >= 15 is 0 Å². The van der Waals surface area contributed by atoms with Gasteiger partial charge in [-0.1, -0.05) is 35.9 Å². The topological polar surface area (TPSA) is 35.2 Å². The maximum atomic E-state index is 13.8. The average molecular weight is 294 g/mol. The van der Waals surface area contributed by atoms with Crippen molar-refractivity contribution in [1.82, 2.24) is 0 Å². The highest BCUT2D eigenvalue weighted by Crippen LogP contribution is 2.20. The van der Waals surface area contributed by atoms with E-state index < -0.39 is 0 Å². The van der Waals surface area contributed by atoms with Crippen molar-refractivity contribution in [2.24, 2.45) is 5.73 Å². The molecule has 2 rings (SSSR count). The van der Waals surface area contributed by atoms with Crippen LogP contribution in [0.4, 0.5) is 4.39 Å². The van der Waals surface area contributed by atoms with Crippen LogP contribution < -0.4 is 10.5 Å². The van der Waals surface area contributed by atoms with Crippen LogP contribution in [0.25, 0.3) is 0 Å². The van der Waals surface area contributed by atoms with Gasteiger partial charge in [-0.15, -0.1) is 0 Å². The van der Waals surface area contributed by atoms with Crippen molar-refractivity contribution in [2.75, 3.05) is 7.11 Å². The number of hydrogen-bond donors (Lipinski definition) is 1. The first-order valence-electron chi connectivity index (χ1n) is 6.41. The normalized spacial score (nSPS) is 12.2. The minimum Gasteiger partial charge on any atom is -0.497 e. The second-order valence-corrected chi connectivity index (χ2v) is 5.14. The van der Waals surface area contributed by atoms with Crippen LogP contribution in [0.3, 0.4) is 0 Å². The Morgan fingerprint density at radius 3 is 2.70 bits per heavy atom. The Hall–Kier alpha value is -1.58. The molecule has 0 fully saturated rings. The zero-order valence-electron chi connectivity index (χ0n) is 11.3. The summed E-state index contributed by atoms with van der Waals surface area (Å²) in [5, 5.41) is 0.135. The first kappa shape index (κ1) is 14.8. The van der Waals surface area contributed by atoms with Crippen LogP contribution in [0.5, 0.6) is 5.75 Å². The molecule has 2 nitrogen and oxygen atoms in total. The van der Waals surface area contributed by atoms with Crippen LogP contribution >= 0.6 is 11.6 Å². The second kappa shape index (κ2) is 6.73. The molecular weight excluding hydrogens is 277 g/mol. The zero-order chi connectivity index (χ0) is 14.5. The molecule has 0 radical (unpaired) electrons. The van der Waals surface area contributed by atoms with Crippen LogP contribution in [-0.2, 0) is 12.8 Å². The number of hydrogen-bond acceptors (Lipinski definition) is 2. The standard InChI is InChI=1S/C16H17ClFNO/c1-20-14-6-2-4-11(9-14)8-13(19)10-12-5-3-7-15(17)16(12)18/h2-7,9,13H,8,10,19H2,1H3. The zero-order valence-corrected chi connectivity index (χ0v) is 12.0. The SMILES string of the molecule is COc1cccc(CC(N)Cc2cccc(Cl)c2F)c1. The summed E-state index contributed by atoms with van der Waals surface area (Å²) in [6.45, 7) is 0. The van der Waals surface area contributed by atoms with E-state index in [2.05, 4.69) is 0 Å². The van der Waals surface area contributed by atoms with Crippen LogP contribution in [0, 0.1) is 5.82 Å². The maximum absolute atomic E-state index is 13.8. The summed E-state index contributed by atoms with van der Waals surface area (Å²) in [6.07, 6.45) is 1.10. The van der Waals surface area contributed by atoms with Crippen LogP contribution in [0.15, 0.2) is 42.5 Å². The fraction of sp³-hybridized carbons (Fsp3) is 0.250. The van der Waals surface area contributed by atoms with Gasteiger partial charge in [0.15, 0.2) is 0 Å². The van der Waals surface area contributed by atoms with E-state index in [0.717, 1.165) is 11.3 Å². The minimum absolute atomic E-state index is 0.135. The number of halogens is 2. The fourth-order valence-electron chi connectivity index (χ4n) is 2.16. The summed E-state index contributed by atoms with van der Waals surface area (Å²) in [5.74, 6) is 0.416. The van der Waals surface area contributed by atoms with Crippen LogP contribution in [0.2, 0.25) is 5.02 Å². The van der Waals surface area contributed by atoms with Gasteiger partial charge in [0.2, 0.25) is 0 Å². The molecule has 0 saturated heterocycles. The minimum atomic E-state index is -0.379. The highest BCUT2D eigenvalue weighted by molar-refractivity contribution is 6.30. The summed E-state index contributed by atoms with van der Waals surface area (Å²) in [7, 11) is 1.63. The molecule has 106 valence electrons. The van der Waals surface area contributed by atoms with E-state index in [1.54, 1.807) is 19.2 Å². The third-order valence-corrected chi connectivity index (χ3v) is 3.44. The van der Waals surface area contributed by atoms with E-state index in [9.17, 15) is 4.39 Å². The van der Waals surface area contributed by atoms with Crippen LogP contribution in [0.1, 0.15) is 11.1 Å². The molecule has 0 aliphatic carbocycles. The first-order chi connectivity index (χ1) is 9.60. The molecule has 4 heteroatoms. The molecule has 2 N–H and O–H groups in total. The van der Waals surface area contributed by atoms with E-state index in [0.29, 0.717) is 18.4 Å².